The van der Waals surface area contributed by atoms with Crippen molar-refractivity contribution < 1.29 is 23.1 Å². The smallest absolute Gasteiger partial charge is 0.254 e. The number of aliphatic hydroxyl groups excluding tert-OH is 1. The Hall–Kier alpha value is -1.56. The molecule has 1 fully saturated rings. The number of hydrogen-bond acceptors (Lipinski definition) is 2. The van der Waals surface area contributed by atoms with Gasteiger partial charge in [-0.2, -0.15) is 0 Å². The van der Waals surface area contributed by atoms with Gasteiger partial charge in [0.1, 0.15) is 0 Å². The molecule has 0 saturated heterocycles. The van der Waals surface area contributed by atoms with Gasteiger partial charge in [-0.3, -0.25) is 4.79 Å². The fourth-order valence-corrected chi connectivity index (χ4v) is 1.64. The second kappa shape index (κ2) is 4.97. The summed E-state index contributed by atoms with van der Waals surface area (Å²) in [5, 5.41) is 11.8. The van der Waals surface area contributed by atoms with E-state index in [-0.39, 0.29) is 12.5 Å². The first kappa shape index (κ1) is 12.9. The second-order valence-corrected chi connectivity index (χ2v) is 4.34. The lowest BCUT2D eigenvalue weighted by atomic mass is 10.1. The van der Waals surface area contributed by atoms with Crippen LogP contribution in [-0.4, -0.2) is 23.7 Å². The summed E-state index contributed by atoms with van der Waals surface area (Å²) in [7, 11) is 0. The van der Waals surface area contributed by atoms with Crippen molar-refractivity contribution in [2.45, 2.75) is 18.9 Å². The van der Waals surface area contributed by atoms with Gasteiger partial charge in [0.2, 0.25) is 0 Å². The van der Waals surface area contributed by atoms with E-state index < -0.39 is 35.0 Å². The highest BCUT2D eigenvalue weighted by atomic mass is 19.2. The molecule has 1 saturated carbocycles. The van der Waals surface area contributed by atoms with Gasteiger partial charge in [0.05, 0.1) is 11.7 Å². The monoisotopic (exact) mass is 259 g/mol. The van der Waals surface area contributed by atoms with Crippen LogP contribution in [0.25, 0.3) is 0 Å². The average molecular weight is 259 g/mol. The van der Waals surface area contributed by atoms with Crippen LogP contribution in [0.1, 0.15) is 23.2 Å². The van der Waals surface area contributed by atoms with Crippen molar-refractivity contribution >= 4 is 5.91 Å². The summed E-state index contributed by atoms with van der Waals surface area (Å²) in [5.74, 6) is -5.24. The minimum Gasteiger partial charge on any atom is -0.391 e. The summed E-state index contributed by atoms with van der Waals surface area (Å²) >= 11 is 0. The van der Waals surface area contributed by atoms with Gasteiger partial charge in [-0.05, 0) is 30.9 Å². The van der Waals surface area contributed by atoms with Gasteiger partial charge in [-0.15, -0.1) is 0 Å². The molecule has 3 nitrogen and oxygen atoms in total. The Morgan fingerprint density at radius 1 is 1.33 bits per heavy atom. The molecule has 1 aromatic carbocycles. The van der Waals surface area contributed by atoms with E-state index in [1.165, 1.54) is 0 Å². The maximum Gasteiger partial charge on any atom is 0.254 e. The van der Waals surface area contributed by atoms with Crippen LogP contribution in [0.4, 0.5) is 13.2 Å². The molecule has 1 aliphatic carbocycles. The van der Waals surface area contributed by atoms with Crippen LogP contribution in [0.5, 0.6) is 0 Å². The number of aliphatic hydroxyl groups is 1. The largest absolute Gasteiger partial charge is 0.391 e. The molecule has 0 aromatic heterocycles. The van der Waals surface area contributed by atoms with Crippen molar-refractivity contribution in [2.24, 2.45) is 5.92 Å². The van der Waals surface area contributed by atoms with E-state index in [0.717, 1.165) is 18.9 Å². The molecular weight excluding hydrogens is 247 g/mol. The van der Waals surface area contributed by atoms with Crippen molar-refractivity contribution in [3.8, 4) is 0 Å². The van der Waals surface area contributed by atoms with E-state index in [1.807, 2.05) is 0 Å². The third-order valence-corrected chi connectivity index (χ3v) is 2.92. The zero-order valence-corrected chi connectivity index (χ0v) is 9.42. The maximum absolute atomic E-state index is 13.3. The van der Waals surface area contributed by atoms with Crippen LogP contribution in [0.2, 0.25) is 0 Å². The van der Waals surface area contributed by atoms with E-state index in [4.69, 9.17) is 0 Å². The van der Waals surface area contributed by atoms with Crippen molar-refractivity contribution in [1.29, 1.82) is 0 Å². The zero-order chi connectivity index (χ0) is 13.3. The molecule has 0 heterocycles. The Morgan fingerprint density at radius 3 is 2.61 bits per heavy atom. The first-order chi connectivity index (χ1) is 8.50. The number of nitrogens with one attached hydrogen (secondary N) is 1. The first-order valence-corrected chi connectivity index (χ1v) is 5.60. The number of halogens is 3. The number of rotatable bonds is 4. The topological polar surface area (TPSA) is 49.3 Å². The van der Waals surface area contributed by atoms with Gasteiger partial charge in [-0.1, -0.05) is 0 Å². The fraction of sp³-hybridized carbons (Fsp3) is 0.417. The molecule has 98 valence electrons. The first-order valence-electron chi connectivity index (χ1n) is 5.60. The van der Waals surface area contributed by atoms with E-state index >= 15 is 0 Å². The van der Waals surface area contributed by atoms with E-state index in [2.05, 4.69) is 5.32 Å². The zero-order valence-electron chi connectivity index (χ0n) is 9.42. The number of carbonyl (C=O) groups excluding carboxylic acids is 1. The van der Waals surface area contributed by atoms with Crippen molar-refractivity contribution in [1.82, 2.24) is 5.32 Å². The quantitative estimate of drug-likeness (QED) is 0.807. The SMILES string of the molecule is O=C(NCC(O)C1CC1)c1ccc(F)c(F)c1F. The Kier molecular flexibility index (Phi) is 3.56. The molecule has 0 spiro atoms. The van der Waals surface area contributed by atoms with Gasteiger partial charge in [-0.25, -0.2) is 13.2 Å². The molecule has 18 heavy (non-hydrogen) atoms. The lowest BCUT2D eigenvalue weighted by Gasteiger charge is -2.11. The normalized spacial score (nSPS) is 16.4. The number of hydrogen-bond donors (Lipinski definition) is 2. The number of amides is 1. The van der Waals surface area contributed by atoms with E-state index in [1.54, 1.807) is 0 Å². The van der Waals surface area contributed by atoms with Gasteiger partial charge < -0.3 is 10.4 Å². The summed E-state index contributed by atoms with van der Waals surface area (Å²) in [6, 6.07) is 1.55. The lowest BCUT2D eigenvalue weighted by Crippen LogP contribution is -2.33. The van der Waals surface area contributed by atoms with Crippen molar-refractivity contribution in [2.75, 3.05) is 6.54 Å². The third kappa shape index (κ3) is 2.64. The molecule has 6 heteroatoms. The Labute approximate surface area is 102 Å². The summed E-state index contributed by atoms with van der Waals surface area (Å²) in [6.45, 7) is -0.0259. The Balaban J connectivity index is 2.02. The number of benzene rings is 1. The molecular formula is C12H12F3NO2. The van der Waals surface area contributed by atoms with Gasteiger partial charge in [0.15, 0.2) is 17.5 Å². The highest BCUT2D eigenvalue weighted by Gasteiger charge is 2.30. The van der Waals surface area contributed by atoms with Crippen LogP contribution in [0, 0.1) is 23.4 Å². The molecule has 0 radical (unpaired) electrons. The standard InChI is InChI=1S/C12H12F3NO2/c13-8-4-3-7(10(14)11(8)15)12(18)16-5-9(17)6-1-2-6/h3-4,6,9,17H,1-2,5H2,(H,16,18). The van der Waals surface area contributed by atoms with Crippen LogP contribution in [0.15, 0.2) is 12.1 Å². The summed E-state index contributed by atoms with van der Waals surface area (Å²) in [4.78, 5) is 11.5. The van der Waals surface area contributed by atoms with Gasteiger partial charge >= 0.3 is 0 Å². The van der Waals surface area contributed by atoms with Crippen molar-refractivity contribution in [3.05, 3.63) is 35.1 Å². The van der Waals surface area contributed by atoms with Crippen LogP contribution >= 0.6 is 0 Å². The molecule has 2 rings (SSSR count). The number of carbonyl (C=O) groups is 1. The molecule has 1 unspecified atom stereocenters. The Morgan fingerprint density at radius 2 is 2.00 bits per heavy atom. The van der Waals surface area contributed by atoms with E-state index in [9.17, 15) is 23.1 Å². The highest BCUT2D eigenvalue weighted by molar-refractivity contribution is 5.94. The lowest BCUT2D eigenvalue weighted by molar-refractivity contribution is 0.0896. The fourth-order valence-electron chi connectivity index (χ4n) is 1.64. The highest BCUT2D eigenvalue weighted by Crippen LogP contribution is 2.32. The molecule has 1 atom stereocenters. The van der Waals surface area contributed by atoms with Crippen LogP contribution < -0.4 is 5.32 Å². The predicted molar refractivity (Wildman–Crippen MR) is 57.4 cm³/mol. The summed E-state index contributed by atoms with van der Waals surface area (Å²) < 4.78 is 38.8. The molecule has 0 aliphatic heterocycles. The Bertz CT molecular complexity index is 475. The average Bonchev–Trinajstić information content (AvgIpc) is 3.17. The summed E-state index contributed by atoms with van der Waals surface area (Å²) in [5.41, 5.74) is -0.572. The molecule has 1 amide bonds. The molecule has 0 bridgehead atoms. The van der Waals surface area contributed by atoms with E-state index in [0.29, 0.717) is 6.07 Å². The van der Waals surface area contributed by atoms with Crippen LogP contribution in [0.3, 0.4) is 0 Å². The minimum atomic E-state index is -1.68. The van der Waals surface area contributed by atoms with Gasteiger partial charge in [0, 0.05) is 6.54 Å². The molecule has 2 N–H and O–H groups in total. The van der Waals surface area contributed by atoms with Gasteiger partial charge in [0.25, 0.3) is 5.91 Å². The van der Waals surface area contributed by atoms with Crippen LogP contribution in [-0.2, 0) is 0 Å². The molecule has 1 aromatic rings. The third-order valence-electron chi connectivity index (χ3n) is 2.92. The summed E-state index contributed by atoms with van der Waals surface area (Å²) in [6.07, 6.45) is 1.12. The second-order valence-electron chi connectivity index (χ2n) is 4.34. The maximum atomic E-state index is 13.3. The van der Waals surface area contributed by atoms with Crippen molar-refractivity contribution in [3.63, 3.8) is 0 Å². The molecule has 1 aliphatic rings. The minimum absolute atomic E-state index is 0.0259. The predicted octanol–water partition coefficient (Wildman–Crippen LogP) is 1.60.